The van der Waals surface area contributed by atoms with Crippen LogP contribution in [0.3, 0.4) is 0 Å². The van der Waals surface area contributed by atoms with Crippen molar-refractivity contribution in [2.24, 2.45) is 0 Å². The van der Waals surface area contributed by atoms with E-state index in [0.717, 1.165) is 16.9 Å². The normalized spacial score (nSPS) is 13.4. The fourth-order valence-corrected chi connectivity index (χ4v) is 7.13. The summed E-state index contributed by atoms with van der Waals surface area (Å²) in [5.41, 5.74) is 1.83. The number of hydrogen-bond donors (Lipinski definition) is 1. The van der Waals surface area contributed by atoms with Gasteiger partial charge in [-0.1, -0.05) is 24.3 Å². The number of thiophene rings is 1. The zero-order valence-corrected chi connectivity index (χ0v) is 17.8. The van der Waals surface area contributed by atoms with E-state index in [-0.39, 0.29) is 15.6 Å². The Kier molecular flexibility index (Phi) is 5.99. The molecule has 3 aromatic rings. The van der Waals surface area contributed by atoms with E-state index in [2.05, 4.69) is 9.71 Å². The molecule has 0 amide bonds. The number of aryl methyl sites for hydroxylation is 2. The van der Waals surface area contributed by atoms with Gasteiger partial charge in [0, 0.05) is 18.9 Å². The molecule has 2 aromatic heterocycles. The summed E-state index contributed by atoms with van der Waals surface area (Å²) in [6.45, 7) is 3.22. The van der Waals surface area contributed by atoms with Crippen molar-refractivity contribution in [3.63, 3.8) is 0 Å². The summed E-state index contributed by atoms with van der Waals surface area (Å²) < 4.78 is 54.6. The van der Waals surface area contributed by atoms with Crippen LogP contribution < -0.4 is 4.72 Å². The van der Waals surface area contributed by atoms with Crippen LogP contribution in [0.2, 0.25) is 0 Å². The molecule has 0 radical (unpaired) electrons. The van der Waals surface area contributed by atoms with Crippen molar-refractivity contribution in [1.82, 2.24) is 9.71 Å². The number of nitrogens with one attached hydrogen (secondary N) is 1. The molecule has 0 spiro atoms. The Balaban J connectivity index is 1.96. The van der Waals surface area contributed by atoms with Gasteiger partial charge in [-0.2, -0.15) is 0 Å². The molecule has 0 aliphatic carbocycles. The number of rotatable bonds is 7. The van der Waals surface area contributed by atoms with E-state index in [1.807, 2.05) is 6.07 Å². The Labute approximate surface area is 169 Å². The molecule has 0 bridgehead atoms. The number of sulfone groups is 1. The minimum atomic E-state index is -3.88. The Morgan fingerprint density at radius 3 is 2.50 bits per heavy atom. The molecule has 0 aliphatic heterocycles. The maximum absolute atomic E-state index is 13.1. The molecular weight excluding hydrogens is 416 g/mol. The van der Waals surface area contributed by atoms with E-state index in [1.54, 1.807) is 55.8 Å². The zero-order chi connectivity index (χ0) is 20.4. The first-order chi connectivity index (χ1) is 13.2. The summed E-state index contributed by atoms with van der Waals surface area (Å²) in [4.78, 5) is 4.13. The molecule has 0 unspecified atom stereocenters. The molecule has 1 N–H and O–H groups in total. The van der Waals surface area contributed by atoms with Crippen molar-refractivity contribution in [1.29, 1.82) is 0 Å². The summed E-state index contributed by atoms with van der Waals surface area (Å²) in [7, 11) is -7.66. The summed E-state index contributed by atoms with van der Waals surface area (Å²) in [6, 6.07) is 11.6. The molecular formula is C19H20N2O4S3. The Morgan fingerprint density at radius 2 is 1.86 bits per heavy atom. The van der Waals surface area contributed by atoms with Gasteiger partial charge in [0.2, 0.25) is 10.0 Å². The fraction of sp³-hybridized carbons (Fsp3) is 0.211. The quantitative estimate of drug-likeness (QED) is 0.614. The van der Waals surface area contributed by atoms with Gasteiger partial charge in [0.05, 0.1) is 4.90 Å². The molecule has 1 atom stereocenters. The van der Waals surface area contributed by atoms with E-state index in [4.69, 9.17) is 0 Å². The summed E-state index contributed by atoms with van der Waals surface area (Å²) in [6.07, 6.45) is 2.99. The topological polar surface area (TPSA) is 93.2 Å². The maximum Gasteiger partial charge on any atom is 0.240 e. The maximum atomic E-state index is 13.1. The molecule has 0 aliphatic rings. The van der Waals surface area contributed by atoms with E-state index in [9.17, 15) is 16.8 Å². The molecule has 9 heteroatoms. The van der Waals surface area contributed by atoms with E-state index < -0.39 is 25.1 Å². The summed E-state index contributed by atoms with van der Waals surface area (Å²) >= 11 is 1.10. The first-order valence-corrected chi connectivity index (χ1v) is 12.4. The highest BCUT2D eigenvalue weighted by atomic mass is 32.2. The summed E-state index contributed by atoms with van der Waals surface area (Å²) in [5, 5.41) is 0.590. The molecule has 148 valence electrons. The van der Waals surface area contributed by atoms with Crippen LogP contribution in [0.25, 0.3) is 0 Å². The van der Waals surface area contributed by atoms with E-state index in [1.165, 1.54) is 12.3 Å². The van der Waals surface area contributed by atoms with Crippen molar-refractivity contribution >= 4 is 31.2 Å². The van der Waals surface area contributed by atoms with Crippen molar-refractivity contribution in [3.05, 3.63) is 76.9 Å². The van der Waals surface area contributed by atoms with Crippen LogP contribution in [-0.2, 0) is 19.9 Å². The Hall–Kier alpha value is -2.07. The lowest BCUT2D eigenvalue weighted by molar-refractivity contribution is 0.569. The first-order valence-electron chi connectivity index (χ1n) is 8.46. The average molecular weight is 437 g/mol. The van der Waals surface area contributed by atoms with Gasteiger partial charge in [0.1, 0.15) is 9.46 Å². The highest BCUT2D eigenvalue weighted by Gasteiger charge is 2.32. The second-order valence-corrected chi connectivity index (χ2v) is 11.4. The highest BCUT2D eigenvalue weighted by molar-refractivity contribution is 7.93. The number of sulfonamides is 1. The zero-order valence-electron chi connectivity index (χ0n) is 15.4. The van der Waals surface area contributed by atoms with Crippen molar-refractivity contribution < 1.29 is 16.8 Å². The van der Waals surface area contributed by atoms with Crippen LogP contribution in [0.1, 0.15) is 21.9 Å². The second kappa shape index (κ2) is 8.12. The smallest absolute Gasteiger partial charge is 0.240 e. The third-order valence-electron chi connectivity index (χ3n) is 4.30. The molecule has 6 nitrogen and oxygen atoms in total. The lowest BCUT2D eigenvalue weighted by Crippen LogP contribution is -2.32. The number of aromatic nitrogens is 1. The van der Waals surface area contributed by atoms with Gasteiger partial charge in [0.25, 0.3) is 0 Å². The third kappa shape index (κ3) is 4.33. The first kappa shape index (κ1) is 20.7. The fourth-order valence-electron chi connectivity index (χ4n) is 2.80. The molecule has 0 fully saturated rings. The standard InChI is InChI=1S/C19H20N2O4S3/c1-14-7-8-15(2)17(11-14)28(24,25)21-13-18(16-5-3-9-20-12-16)27(22,23)19-6-4-10-26-19/h3-12,18,21H,13H2,1-2H3/t18-/m0/s1. The predicted molar refractivity (Wildman–Crippen MR) is 110 cm³/mol. The summed E-state index contributed by atoms with van der Waals surface area (Å²) in [5.74, 6) is 0. The van der Waals surface area contributed by atoms with Crippen molar-refractivity contribution in [3.8, 4) is 0 Å². The van der Waals surface area contributed by atoms with Crippen LogP contribution >= 0.6 is 11.3 Å². The molecule has 0 saturated heterocycles. The van der Waals surface area contributed by atoms with Crippen LogP contribution in [0, 0.1) is 13.8 Å². The molecule has 2 heterocycles. The highest BCUT2D eigenvalue weighted by Crippen LogP contribution is 2.31. The molecule has 3 rings (SSSR count). The lowest BCUT2D eigenvalue weighted by atomic mass is 10.2. The van der Waals surface area contributed by atoms with Crippen molar-refractivity contribution in [2.75, 3.05) is 6.54 Å². The van der Waals surface area contributed by atoms with Gasteiger partial charge in [-0.15, -0.1) is 11.3 Å². The molecule has 0 saturated carbocycles. The molecule has 28 heavy (non-hydrogen) atoms. The van der Waals surface area contributed by atoms with E-state index in [0.29, 0.717) is 11.1 Å². The minimum absolute atomic E-state index is 0.144. The largest absolute Gasteiger partial charge is 0.264 e. The molecule has 1 aromatic carbocycles. The number of hydrogen-bond acceptors (Lipinski definition) is 6. The van der Waals surface area contributed by atoms with Gasteiger partial charge < -0.3 is 0 Å². The lowest BCUT2D eigenvalue weighted by Gasteiger charge is -2.18. The van der Waals surface area contributed by atoms with Gasteiger partial charge >= 0.3 is 0 Å². The third-order valence-corrected chi connectivity index (χ3v) is 9.40. The van der Waals surface area contributed by atoms with Crippen LogP contribution in [0.5, 0.6) is 0 Å². The number of pyridine rings is 1. The number of benzene rings is 1. The van der Waals surface area contributed by atoms with Crippen LogP contribution in [0.15, 0.2) is 69.3 Å². The second-order valence-electron chi connectivity index (χ2n) is 6.37. The number of nitrogens with zero attached hydrogens (tertiary/aromatic N) is 1. The van der Waals surface area contributed by atoms with Crippen LogP contribution in [0.4, 0.5) is 0 Å². The predicted octanol–water partition coefficient (Wildman–Crippen LogP) is 3.25. The van der Waals surface area contributed by atoms with Gasteiger partial charge in [-0.25, -0.2) is 21.6 Å². The van der Waals surface area contributed by atoms with Gasteiger partial charge in [0.15, 0.2) is 9.84 Å². The average Bonchev–Trinajstić information content (AvgIpc) is 3.20. The minimum Gasteiger partial charge on any atom is -0.264 e. The van der Waals surface area contributed by atoms with Gasteiger partial charge in [-0.3, -0.25) is 4.98 Å². The van der Waals surface area contributed by atoms with E-state index >= 15 is 0 Å². The Bertz CT molecular complexity index is 1160. The SMILES string of the molecule is Cc1ccc(C)c(S(=O)(=O)NC[C@@H](c2cccnc2)S(=O)(=O)c2cccs2)c1. The Morgan fingerprint density at radius 1 is 1.07 bits per heavy atom. The van der Waals surface area contributed by atoms with Gasteiger partial charge in [-0.05, 0) is 54.1 Å². The van der Waals surface area contributed by atoms with Crippen molar-refractivity contribution in [2.45, 2.75) is 28.2 Å². The monoisotopic (exact) mass is 436 g/mol. The van der Waals surface area contributed by atoms with Crippen LogP contribution in [-0.4, -0.2) is 28.4 Å².